The fourth-order valence-corrected chi connectivity index (χ4v) is 2.53. The second-order valence-electron chi connectivity index (χ2n) is 5.36. The SMILES string of the molecule is Nc1cc(Br)cnc1N(CC1CC1)CC1CC1. The van der Waals surface area contributed by atoms with E-state index in [1.807, 2.05) is 12.3 Å². The van der Waals surface area contributed by atoms with Crippen molar-refractivity contribution in [1.29, 1.82) is 0 Å². The number of rotatable bonds is 5. The zero-order chi connectivity index (χ0) is 11.8. The zero-order valence-electron chi connectivity index (χ0n) is 9.90. The quantitative estimate of drug-likeness (QED) is 0.908. The molecule has 4 heteroatoms. The van der Waals surface area contributed by atoms with E-state index in [0.29, 0.717) is 0 Å². The molecule has 0 saturated heterocycles. The Morgan fingerprint density at radius 3 is 2.29 bits per heavy atom. The van der Waals surface area contributed by atoms with Crippen LogP contribution in [0.4, 0.5) is 11.5 Å². The third-order valence-electron chi connectivity index (χ3n) is 3.51. The van der Waals surface area contributed by atoms with Crippen molar-refractivity contribution < 1.29 is 0 Å². The van der Waals surface area contributed by atoms with Gasteiger partial charge in [-0.3, -0.25) is 0 Å². The first-order chi connectivity index (χ1) is 8.22. The highest BCUT2D eigenvalue weighted by Gasteiger charge is 2.30. The van der Waals surface area contributed by atoms with E-state index in [-0.39, 0.29) is 0 Å². The molecule has 1 heterocycles. The van der Waals surface area contributed by atoms with Crippen LogP contribution in [-0.2, 0) is 0 Å². The van der Waals surface area contributed by atoms with E-state index in [9.17, 15) is 0 Å². The Morgan fingerprint density at radius 2 is 1.82 bits per heavy atom. The van der Waals surface area contributed by atoms with E-state index in [1.54, 1.807) is 0 Å². The van der Waals surface area contributed by atoms with Crippen molar-refractivity contribution in [2.45, 2.75) is 25.7 Å². The topological polar surface area (TPSA) is 42.1 Å². The molecule has 1 aromatic heterocycles. The second-order valence-corrected chi connectivity index (χ2v) is 6.27. The van der Waals surface area contributed by atoms with Crippen molar-refractivity contribution in [1.82, 2.24) is 4.98 Å². The molecule has 0 aromatic carbocycles. The number of nitrogen functional groups attached to an aromatic ring is 1. The maximum Gasteiger partial charge on any atom is 0.151 e. The van der Waals surface area contributed by atoms with Gasteiger partial charge >= 0.3 is 0 Å². The summed E-state index contributed by atoms with van der Waals surface area (Å²) in [5.41, 5.74) is 6.87. The summed E-state index contributed by atoms with van der Waals surface area (Å²) in [6.07, 6.45) is 7.34. The van der Waals surface area contributed by atoms with Crippen LogP contribution in [0.3, 0.4) is 0 Å². The van der Waals surface area contributed by atoms with E-state index in [0.717, 1.165) is 40.9 Å². The highest BCUT2D eigenvalue weighted by Crippen LogP contribution is 2.36. The lowest BCUT2D eigenvalue weighted by atomic mass is 10.3. The predicted octanol–water partition coefficient (Wildman–Crippen LogP) is 3.05. The van der Waals surface area contributed by atoms with Gasteiger partial charge in [-0.2, -0.15) is 0 Å². The Kier molecular flexibility index (Phi) is 2.99. The average Bonchev–Trinajstić information content (AvgIpc) is 3.11. The van der Waals surface area contributed by atoms with Crippen LogP contribution < -0.4 is 10.6 Å². The molecule has 3 nitrogen and oxygen atoms in total. The van der Waals surface area contributed by atoms with Gasteiger partial charge in [0.25, 0.3) is 0 Å². The van der Waals surface area contributed by atoms with Crippen molar-refractivity contribution >= 4 is 27.4 Å². The van der Waals surface area contributed by atoms with E-state index in [4.69, 9.17) is 5.73 Å². The summed E-state index contributed by atoms with van der Waals surface area (Å²) in [4.78, 5) is 6.89. The summed E-state index contributed by atoms with van der Waals surface area (Å²) in [6.45, 7) is 2.27. The van der Waals surface area contributed by atoms with Gasteiger partial charge < -0.3 is 10.6 Å². The lowest BCUT2D eigenvalue weighted by Crippen LogP contribution is -2.29. The number of nitrogens with zero attached hydrogens (tertiary/aromatic N) is 2. The van der Waals surface area contributed by atoms with Crippen LogP contribution >= 0.6 is 15.9 Å². The molecule has 92 valence electrons. The maximum atomic E-state index is 6.08. The zero-order valence-corrected chi connectivity index (χ0v) is 11.5. The lowest BCUT2D eigenvalue weighted by Gasteiger charge is -2.25. The van der Waals surface area contributed by atoms with Gasteiger partial charge in [-0.1, -0.05) is 0 Å². The Bertz CT molecular complexity index is 399. The smallest absolute Gasteiger partial charge is 0.151 e. The molecule has 2 saturated carbocycles. The van der Waals surface area contributed by atoms with Gasteiger partial charge in [0.2, 0.25) is 0 Å². The molecule has 0 bridgehead atoms. The molecule has 17 heavy (non-hydrogen) atoms. The summed E-state index contributed by atoms with van der Waals surface area (Å²) in [6, 6.07) is 1.95. The van der Waals surface area contributed by atoms with Gasteiger partial charge in [0.1, 0.15) is 0 Å². The summed E-state index contributed by atoms with van der Waals surface area (Å²) in [7, 11) is 0. The summed E-state index contributed by atoms with van der Waals surface area (Å²) < 4.78 is 0.955. The number of nitrogens with two attached hydrogens (primary N) is 1. The first-order valence-corrected chi connectivity index (χ1v) is 7.17. The van der Waals surface area contributed by atoms with Crippen LogP contribution in [0, 0.1) is 11.8 Å². The van der Waals surface area contributed by atoms with Crippen molar-refractivity contribution in [3.63, 3.8) is 0 Å². The Hall–Kier alpha value is -0.770. The first kappa shape index (κ1) is 11.3. The Labute approximate surface area is 111 Å². The van der Waals surface area contributed by atoms with Gasteiger partial charge in [0.05, 0.1) is 5.69 Å². The van der Waals surface area contributed by atoms with Gasteiger partial charge in [-0.05, 0) is 59.5 Å². The summed E-state index contributed by atoms with van der Waals surface area (Å²) in [5.74, 6) is 2.73. The molecule has 0 spiro atoms. The number of hydrogen-bond acceptors (Lipinski definition) is 3. The van der Waals surface area contributed by atoms with Crippen LogP contribution in [0.2, 0.25) is 0 Å². The molecule has 0 amide bonds. The molecular formula is C13H18BrN3. The minimum atomic E-state index is 0.792. The van der Waals surface area contributed by atoms with Gasteiger partial charge in [-0.15, -0.1) is 0 Å². The molecule has 0 atom stereocenters. The van der Waals surface area contributed by atoms with Gasteiger partial charge in [-0.25, -0.2) is 4.98 Å². The molecular weight excluding hydrogens is 278 g/mol. The fourth-order valence-electron chi connectivity index (χ4n) is 2.18. The largest absolute Gasteiger partial charge is 0.396 e. The first-order valence-electron chi connectivity index (χ1n) is 6.38. The third kappa shape index (κ3) is 2.92. The number of aromatic nitrogens is 1. The van der Waals surface area contributed by atoms with E-state index < -0.39 is 0 Å². The summed E-state index contributed by atoms with van der Waals surface area (Å²) in [5, 5.41) is 0. The van der Waals surface area contributed by atoms with Crippen LogP contribution in [0.25, 0.3) is 0 Å². The predicted molar refractivity (Wildman–Crippen MR) is 74.0 cm³/mol. The van der Waals surface area contributed by atoms with E-state index >= 15 is 0 Å². The second kappa shape index (κ2) is 4.48. The monoisotopic (exact) mass is 295 g/mol. The fraction of sp³-hybridized carbons (Fsp3) is 0.615. The third-order valence-corrected chi connectivity index (χ3v) is 3.95. The van der Waals surface area contributed by atoms with Crippen molar-refractivity contribution in [3.05, 3.63) is 16.7 Å². The molecule has 3 rings (SSSR count). The Morgan fingerprint density at radius 1 is 1.24 bits per heavy atom. The molecule has 0 radical (unpaired) electrons. The molecule has 0 unspecified atom stereocenters. The van der Waals surface area contributed by atoms with E-state index in [1.165, 1.54) is 25.7 Å². The lowest BCUT2D eigenvalue weighted by molar-refractivity contribution is 0.672. The highest BCUT2D eigenvalue weighted by molar-refractivity contribution is 9.10. The number of pyridine rings is 1. The Balaban J connectivity index is 1.78. The minimum absolute atomic E-state index is 0.792. The maximum absolute atomic E-state index is 6.08. The molecule has 0 aliphatic heterocycles. The molecule has 2 N–H and O–H groups in total. The molecule has 1 aromatic rings. The standard InChI is InChI=1S/C13H18BrN3/c14-11-5-12(15)13(16-6-11)17(7-9-1-2-9)8-10-3-4-10/h5-6,9-10H,1-4,7-8,15H2. The number of anilines is 2. The normalized spacial score (nSPS) is 19.4. The molecule has 2 aliphatic carbocycles. The van der Waals surface area contributed by atoms with Crippen LogP contribution in [0.5, 0.6) is 0 Å². The molecule has 2 aliphatic rings. The van der Waals surface area contributed by atoms with Crippen molar-refractivity contribution in [2.75, 3.05) is 23.7 Å². The van der Waals surface area contributed by atoms with Crippen LogP contribution in [-0.4, -0.2) is 18.1 Å². The van der Waals surface area contributed by atoms with E-state index in [2.05, 4.69) is 25.8 Å². The van der Waals surface area contributed by atoms with Crippen LogP contribution in [0.1, 0.15) is 25.7 Å². The van der Waals surface area contributed by atoms with Gasteiger partial charge in [0.15, 0.2) is 5.82 Å². The van der Waals surface area contributed by atoms with Crippen LogP contribution in [0.15, 0.2) is 16.7 Å². The summed E-state index contributed by atoms with van der Waals surface area (Å²) >= 11 is 3.41. The minimum Gasteiger partial charge on any atom is -0.396 e. The van der Waals surface area contributed by atoms with Crippen molar-refractivity contribution in [3.8, 4) is 0 Å². The number of hydrogen-bond donors (Lipinski definition) is 1. The number of halogens is 1. The highest BCUT2D eigenvalue weighted by atomic mass is 79.9. The van der Waals surface area contributed by atoms with Crippen molar-refractivity contribution in [2.24, 2.45) is 11.8 Å². The average molecular weight is 296 g/mol. The molecule has 2 fully saturated rings. The van der Waals surface area contributed by atoms with Gasteiger partial charge in [0, 0.05) is 23.8 Å².